The van der Waals surface area contributed by atoms with Gasteiger partial charge >= 0.3 is 0 Å². The van der Waals surface area contributed by atoms with Crippen molar-refractivity contribution in [2.75, 3.05) is 6.54 Å². The van der Waals surface area contributed by atoms with Crippen molar-refractivity contribution in [2.45, 2.75) is 37.6 Å². The Hall–Kier alpha value is -2.53. The summed E-state index contributed by atoms with van der Waals surface area (Å²) < 4.78 is 7.20. The molecular weight excluding hydrogens is 362 g/mol. The second kappa shape index (κ2) is 7.61. The molecule has 1 aliphatic rings. The first-order valence-corrected chi connectivity index (χ1v) is 9.66. The van der Waals surface area contributed by atoms with Crippen LogP contribution in [0.5, 0.6) is 0 Å². The fourth-order valence-electron chi connectivity index (χ4n) is 3.90. The van der Waals surface area contributed by atoms with Crippen LogP contribution >= 0.6 is 11.6 Å². The molecule has 0 aliphatic heterocycles. The van der Waals surface area contributed by atoms with Gasteiger partial charge in [0.25, 0.3) is 0 Å². The summed E-state index contributed by atoms with van der Waals surface area (Å²) in [5.41, 5.74) is 1.55. The first-order valence-electron chi connectivity index (χ1n) is 9.28. The third-order valence-corrected chi connectivity index (χ3v) is 5.61. The zero-order valence-corrected chi connectivity index (χ0v) is 15.8. The van der Waals surface area contributed by atoms with E-state index in [2.05, 4.69) is 10.4 Å². The lowest BCUT2D eigenvalue weighted by Gasteiger charge is -2.28. The summed E-state index contributed by atoms with van der Waals surface area (Å²) in [6, 6.07) is 11.4. The summed E-state index contributed by atoms with van der Waals surface area (Å²) in [6.07, 6.45) is 9.24. The molecule has 0 bridgehead atoms. The van der Waals surface area contributed by atoms with E-state index in [1.165, 1.54) is 0 Å². The summed E-state index contributed by atoms with van der Waals surface area (Å²) in [5.74, 6) is 0.888. The average Bonchev–Trinajstić information content (AvgIpc) is 3.43. The summed E-state index contributed by atoms with van der Waals surface area (Å²) in [7, 11) is 0. The van der Waals surface area contributed by atoms with Crippen LogP contribution in [0.2, 0.25) is 5.02 Å². The Labute approximate surface area is 163 Å². The topological polar surface area (TPSA) is 60.1 Å². The lowest BCUT2D eigenvalue weighted by molar-refractivity contribution is -0.126. The third kappa shape index (κ3) is 3.65. The molecule has 1 fully saturated rings. The number of halogens is 1. The maximum atomic E-state index is 13.0. The monoisotopic (exact) mass is 383 g/mol. The van der Waals surface area contributed by atoms with Gasteiger partial charge in [-0.05, 0) is 42.7 Å². The number of hydrogen-bond acceptors (Lipinski definition) is 3. The van der Waals surface area contributed by atoms with Crippen molar-refractivity contribution in [3.05, 3.63) is 65.6 Å². The molecule has 1 saturated carbocycles. The number of nitrogens with one attached hydrogen (secondary N) is 1. The first-order chi connectivity index (χ1) is 13.2. The molecule has 4 rings (SSSR count). The van der Waals surface area contributed by atoms with Gasteiger partial charge in [0, 0.05) is 17.8 Å². The molecule has 6 heteroatoms. The average molecular weight is 384 g/mol. The van der Waals surface area contributed by atoms with Crippen LogP contribution in [0, 0.1) is 0 Å². The van der Waals surface area contributed by atoms with E-state index in [0.29, 0.717) is 18.1 Å². The van der Waals surface area contributed by atoms with Crippen LogP contribution in [0.1, 0.15) is 31.2 Å². The van der Waals surface area contributed by atoms with Crippen LogP contribution in [-0.4, -0.2) is 22.2 Å². The predicted octanol–water partition coefficient (Wildman–Crippen LogP) is 4.42. The Morgan fingerprint density at radius 2 is 2.00 bits per heavy atom. The molecule has 1 aromatic carbocycles. The van der Waals surface area contributed by atoms with Crippen LogP contribution < -0.4 is 5.32 Å². The van der Waals surface area contributed by atoms with E-state index < -0.39 is 5.41 Å². The van der Waals surface area contributed by atoms with E-state index in [1.54, 1.807) is 12.5 Å². The maximum Gasteiger partial charge on any atom is 0.230 e. The molecule has 0 atom stereocenters. The molecule has 5 nitrogen and oxygen atoms in total. The molecule has 140 valence electrons. The van der Waals surface area contributed by atoms with Gasteiger partial charge in [0.05, 0.1) is 30.0 Å². The zero-order valence-electron chi connectivity index (χ0n) is 15.0. The number of benzene rings is 1. The Kier molecular flexibility index (Phi) is 5.03. The van der Waals surface area contributed by atoms with Gasteiger partial charge in [0.2, 0.25) is 5.91 Å². The van der Waals surface area contributed by atoms with E-state index in [-0.39, 0.29) is 5.91 Å². The van der Waals surface area contributed by atoms with Crippen LogP contribution in [0.4, 0.5) is 0 Å². The van der Waals surface area contributed by atoms with Crippen molar-refractivity contribution in [1.82, 2.24) is 15.1 Å². The number of carbonyl (C=O) groups is 1. The fourth-order valence-corrected chi connectivity index (χ4v) is 4.03. The van der Waals surface area contributed by atoms with Crippen LogP contribution in [0.15, 0.2) is 59.5 Å². The Morgan fingerprint density at radius 3 is 2.70 bits per heavy atom. The summed E-state index contributed by atoms with van der Waals surface area (Å²) in [4.78, 5) is 13.0. The molecule has 2 heterocycles. The molecule has 3 aromatic rings. The molecule has 0 spiro atoms. The number of rotatable bonds is 6. The largest absolute Gasteiger partial charge is 0.464 e. The lowest BCUT2D eigenvalue weighted by atomic mass is 9.78. The highest BCUT2D eigenvalue weighted by atomic mass is 35.5. The van der Waals surface area contributed by atoms with E-state index in [4.69, 9.17) is 16.0 Å². The van der Waals surface area contributed by atoms with Gasteiger partial charge in [0.1, 0.15) is 5.76 Å². The third-order valence-electron chi connectivity index (χ3n) is 5.35. The van der Waals surface area contributed by atoms with Crippen LogP contribution in [0.3, 0.4) is 0 Å². The van der Waals surface area contributed by atoms with E-state index in [0.717, 1.165) is 42.6 Å². The number of hydrogen-bond donors (Lipinski definition) is 1. The van der Waals surface area contributed by atoms with Gasteiger partial charge < -0.3 is 9.73 Å². The molecule has 0 saturated heterocycles. The number of amides is 1. The predicted molar refractivity (Wildman–Crippen MR) is 105 cm³/mol. The van der Waals surface area contributed by atoms with E-state index in [1.807, 2.05) is 47.3 Å². The quantitative estimate of drug-likeness (QED) is 0.685. The van der Waals surface area contributed by atoms with Gasteiger partial charge in [-0.25, -0.2) is 0 Å². The Bertz CT molecular complexity index is 894. The SMILES string of the molecule is O=C(NCCn1cc(-c2ccco2)cn1)C1(c2ccc(Cl)cc2)CCCC1. The van der Waals surface area contributed by atoms with Crippen LogP contribution in [0.25, 0.3) is 11.3 Å². The normalized spacial score (nSPS) is 15.7. The number of aromatic nitrogens is 2. The molecule has 1 aliphatic carbocycles. The second-order valence-electron chi connectivity index (χ2n) is 7.02. The van der Waals surface area contributed by atoms with E-state index in [9.17, 15) is 4.79 Å². The minimum absolute atomic E-state index is 0.0979. The number of furan rings is 1. The standard InChI is InChI=1S/C21H22ClN3O2/c22-18-7-5-17(6-8-18)21(9-1-2-10-21)20(26)23-11-12-25-15-16(14-24-25)19-4-3-13-27-19/h3-8,13-15H,1-2,9-12H2,(H,23,26). The van der Waals surface area contributed by atoms with Crippen molar-refractivity contribution in [1.29, 1.82) is 0 Å². The van der Waals surface area contributed by atoms with Crippen molar-refractivity contribution in [2.24, 2.45) is 0 Å². The molecule has 1 N–H and O–H groups in total. The Morgan fingerprint density at radius 1 is 1.22 bits per heavy atom. The Balaban J connectivity index is 1.40. The summed E-state index contributed by atoms with van der Waals surface area (Å²) >= 11 is 6.02. The highest BCUT2D eigenvalue weighted by Gasteiger charge is 2.42. The van der Waals surface area contributed by atoms with Crippen molar-refractivity contribution < 1.29 is 9.21 Å². The molecule has 2 aromatic heterocycles. The molecule has 27 heavy (non-hydrogen) atoms. The van der Waals surface area contributed by atoms with Crippen molar-refractivity contribution in [3.63, 3.8) is 0 Å². The van der Waals surface area contributed by atoms with Gasteiger partial charge in [-0.3, -0.25) is 9.48 Å². The minimum Gasteiger partial charge on any atom is -0.464 e. The molecule has 0 radical (unpaired) electrons. The van der Waals surface area contributed by atoms with Gasteiger partial charge in [0.15, 0.2) is 0 Å². The first kappa shape index (κ1) is 17.9. The smallest absolute Gasteiger partial charge is 0.230 e. The maximum absolute atomic E-state index is 13.0. The lowest BCUT2D eigenvalue weighted by Crippen LogP contribution is -2.43. The highest BCUT2D eigenvalue weighted by Crippen LogP contribution is 2.41. The number of nitrogens with zero attached hydrogens (tertiary/aromatic N) is 2. The number of carbonyl (C=O) groups excluding carboxylic acids is 1. The highest BCUT2D eigenvalue weighted by molar-refractivity contribution is 6.30. The zero-order chi connectivity index (χ0) is 18.7. The molecule has 1 amide bonds. The van der Waals surface area contributed by atoms with Crippen LogP contribution in [-0.2, 0) is 16.8 Å². The summed E-state index contributed by atoms with van der Waals surface area (Å²) in [5, 5.41) is 8.15. The molecule has 0 unspecified atom stereocenters. The minimum atomic E-state index is -0.436. The van der Waals surface area contributed by atoms with Crippen molar-refractivity contribution >= 4 is 17.5 Å². The van der Waals surface area contributed by atoms with Crippen molar-refractivity contribution in [3.8, 4) is 11.3 Å². The van der Waals surface area contributed by atoms with Gasteiger partial charge in [-0.1, -0.05) is 36.6 Å². The summed E-state index contributed by atoms with van der Waals surface area (Å²) in [6.45, 7) is 1.15. The fraction of sp³-hybridized carbons (Fsp3) is 0.333. The van der Waals surface area contributed by atoms with E-state index >= 15 is 0 Å². The molecular formula is C21H22ClN3O2. The van der Waals surface area contributed by atoms with Gasteiger partial charge in [-0.15, -0.1) is 0 Å². The van der Waals surface area contributed by atoms with Gasteiger partial charge in [-0.2, -0.15) is 5.10 Å². The second-order valence-corrected chi connectivity index (χ2v) is 7.46.